The minimum atomic E-state index is -1.74. The van der Waals surface area contributed by atoms with Crippen LogP contribution < -0.4 is 5.32 Å². The monoisotopic (exact) mass is 358 g/mol. The fraction of sp³-hybridized carbons (Fsp3) is 0.438. The van der Waals surface area contributed by atoms with E-state index >= 15 is 0 Å². The molecular formula is C16H17F3N2O4. The van der Waals surface area contributed by atoms with Gasteiger partial charge in [-0.05, 0) is 31.9 Å². The quantitative estimate of drug-likeness (QED) is 0.508. The van der Waals surface area contributed by atoms with Crippen LogP contribution in [0.25, 0.3) is 0 Å². The molecule has 25 heavy (non-hydrogen) atoms. The van der Waals surface area contributed by atoms with Crippen molar-refractivity contribution in [2.45, 2.75) is 19.8 Å². The first-order valence-electron chi connectivity index (χ1n) is 7.75. The van der Waals surface area contributed by atoms with Gasteiger partial charge in [0.25, 0.3) is 0 Å². The molecule has 1 heterocycles. The number of halogens is 3. The fourth-order valence-corrected chi connectivity index (χ4v) is 2.56. The Kier molecular flexibility index (Phi) is 6.00. The molecule has 1 saturated heterocycles. The zero-order chi connectivity index (χ0) is 18.6. The average molecular weight is 358 g/mol. The van der Waals surface area contributed by atoms with E-state index in [1.54, 1.807) is 6.92 Å². The number of anilines is 1. The van der Waals surface area contributed by atoms with Crippen molar-refractivity contribution in [1.82, 2.24) is 4.90 Å². The standard InChI is InChI=1S/C16H17F3N2O4/c1-2-25-16(24)9-4-3-7-21(8-9)15(23)14(22)20-11-6-5-10(17)12(18)13(11)19/h5-6,9H,2-4,7-8H2,1H3,(H,20,22). The molecule has 1 aliphatic rings. The van der Waals surface area contributed by atoms with Crippen molar-refractivity contribution < 1.29 is 32.3 Å². The molecule has 1 atom stereocenters. The summed E-state index contributed by atoms with van der Waals surface area (Å²) in [5.41, 5.74) is -0.642. The molecule has 2 rings (SSSR count). The number of carbonyl (C=O) groups is 3. The van der Waals surface area contributed by atoms with Gasteiger partial charge in [-0.2, -0.15) is 0 Å². The van der Waals surface area contributed by atoms with Crippen LogP contribution >= 0.6 is 0 Å². The summed E-state index contributed by atoms with van der Waals surface area (Å²) in [5, 5.41) is 1.92. The summed E-state index contributed by atoms with van der Waals surface area (Å²) in [7, 11) is 0. The summed E-state index contributed by atoms with van der Waals surface area (Å²) in [6.45, 7) is 2.13. The second-order valence-electron chi connectivity index (χ2n) is 5.52. The molecule has 1 aliphatic heterocycles. The highest BCUT2D eigenvalue weighted by Crippen LogP contribution is 2.21. The van der Waals surface area contributed by atoms with Gasteiger partial charge in [0.05, 0.1) is 18.2 Å². The first-order chi connectivity index (χ1) is 11.8. The van der Waals surface area contributed by atoms with Crippen molar-refractivity contribution in [2.24, 2.45) is 5.92 Å². The summed E-state index contributed by atoms with van der Waals surface area (Å²) in [6, 6.07) is 1.45. The Hall–Kier alpha value is -2.58. The number of piperidine rings is 1. The molecule has 0 bridgehead atoms. The fourth-order valence-electron chi connectivity index (χ4n) is 2.56. The van der Waals surface area contributed by atoms with Crippen molar-refractivity contribution in [3.05, 3.63) is 29.6 Å². The SMILES string of the molecule is CCOC(=O)C1CCCN(C(=O)C(=O)Nc2ccc(F)c(F)c2F)C1. The molecule has 1 unspecified atom stereocenters. The van der Waals surface area contributed by atoms with Gasteiger partial charge in [-0.15, -0.1) is 0 Å². The molecule has 136 valence electrons. The van der Waals surface area contributed by atoms with Gasteiger partial charge in [-0.1, -0.05) is 0 Å². The third-order valence-electron chi connectivity index (χ3n) is 3.81. The number of nitrogens with one attached hydrogen (secondary N) is 1. The van der Waals surface area contributed by atoms with E-state index in [1.165, 1.54) is 0 Å². The zero-order valence-corrected chi connectivity index (χ0v) is 13.5. The highest BCUT2D eigenvalue weighted by molar-refractivity contribution is 6.39. The average Bonchev–Trinajstić information content (AvgIpc) is 2.61. The maximum Gasteiger partial charge on any atom is 0.313 e. The van der Waals surface area contributed by atoms with E-state index in [-0.39, 0.29) is 19.7 Å². The molecule has 0 spiro atoms. The van der Waals surface area contributed by atoms with Crippen molar-refractivity contribution in [2.75, 3.05) is 25.0 Å². The maximum absolute atomic E-state index is 13.6. The second-order valence-corrected chi connectivity index (χ2v) is 5.52. The van der Waals surface area contributed by atoms with Gasteiger partial charge in [0.15, 0.2) is 17.5 Å². The van der Waals surface area contributed by atoms with Crippen LogP contribution in [0.2, 0.25) is 0 Å². The molecule has 2 amide bonds. The minimum absolute atomic E-state index is 0.00531. The Morgan fingerprint density at radius 3 is 2.64 bits per heavy atom. The van der Waals surface area contributed by atoms with Gasteiger partial charge in [-0.3, -0.25) is 14.4 Å². The topological polar surface area (TPSA) is 75.7 Å². The predicted octanol–water partition coefficient (Wildman–Crippen LogP) is 1.84. The summed E-state index contributed by atoms with van der Waals surface area (Å²) >= 11 is 0. The number of carbonyl (C=O) groups excluding carboxylic acids is 3. The highest BCUT2D eigenvalue weighted by Gasteiger charge is 2.32. The number of likely N-dealkylation sites (tertiary alicyclic amines) is 1. The number of amides is 2. The summed E-state index contributed by atoms with van der Waals surface area (Å²) in [4.78, 5) is 37.0. The maximum atomic E-state index is 13.6. The van der Waals surface area contributed by atoms with Crippen LogP contribution in [0.4, 0.5) is 18.9 Å². The van der Waals surface area contributed by atoms with Crippen molar-refractivity contribution in [3.63, 3.8) is 0 Å². The summed E-state index contributed by atoms with van der Waals surface area (Å²) in [6.07, 6.45) is 1.03. The van der Waals surface area contributed by atoms with Crippen LogP contribution in [-0.4, -0.2) is 42.4 Å². The Bertz CT molecular complexity index is 696. The molecule has 0 saturated carbocycles. The number of benzene rings is 1. The zero-order valence-electron chi connectivity index (χ0n) is 13.5. The molecule has 1 N–H and O–H groups in total. The second kappa shape index (κ2) is 8.00. The van der Waals surface area contributed by atoms with Gasteiger partial charge < -0.3 is 15.0 Å². The van der Waals surface area contributed by atoms with E-state index < -0.39 is 46.8 Å². The van der Waals surface area contributed by atoms with E-state index in [9.17, 15) is 27.6 Å². The van der Waals surface area contributed by atoms with Crippen molar-refractivity contribution >= 4 is 23.5 Å². The third-order valence-corrected chi connectivity index (χ3v) is 3.81. The first kappa shape index (κ1) is 18.8. The molecule has 1 aromatic rings. The van der Waals surface area contributed by atoms with Crippen LogP contribution in [0.5, 0.6) is 0 Å². The third kappa shape index (κ3) is 4.28. The Morgan fingerprint density at radius 1 is 1.24 bits per heavy atom. The number of rotatable bonds is 3. The molecule has 1 fully saturated rings. The lowest BCUT2D eigenvalue weighted by atomic mass is 9.98. The number of nitrogens with zero attached hydrogens (tertiary/aromatic N) is 1. The molecular weight excluding hydrogens is 341 g/mol. The van der Waals surface area contributed by atoms with E-state index in [0.29, 0.717) is 18.9 Å². The minimum Gasteiger partial charge on any atom is -0.466 e. The van der Waals surface area contributed by atoms with E-state index in [0.717, 1.165) is 11.0 Å². The van der Waals surface area contributed by atoms with Gasteiger partial charge in [0, 0.05) is 13.1 Å². The normalized spacial score (nSPS) is 17.1. The van der Waals surface area contributed by atoms with E-state index in [2.05, 4.69) is 0 Å². The molecule has 1 aromatic carbocycles. The Balaban J connectivity index is 2.03. The Morgan fingerprint density at radius 2 is 1.96 bits per heavy atom. The van der Waals surface area contributed by atoms with Crippen molar-refractivity contribution in [1.29, 1.82) is 0 Å². The lowest BCUT2D eigenvalue weighted by Crippen LogP contribution is -2.47. The van der Waals surface area contributed by atoms with Crippen LogP contribution in [0.15, 0.2) is 12.1 Å². The number of hydrogen-bond donors (Lipinski definition) is 1. The molecule has 9 heteroatoms. The largest absolute Gasteiger partial charge is 0.466 e. The molecule has 0 aliphatic carbocycles. The lowest BCUT2D eigenvalue weighted by molar-refractivity contribution is -0.153. The van der Waals surface area contributed by atoms with Gasteiger partial charge in [-0.25, -0.2) is 13.2 Å². The summed E-state index contributed by atoms with van der Waals surface area (Å²) in [5.74, 6) is -7.92. The van der Waals surface area contributed by atoms with Gasteiger partial charge in [0.1, 0.15) is 0 Å². The number of ether oxygens (including phenoxy) is 1. The van der Waals surface area contributed by atoms with Gasteiger partial charge in [0.2, 0.25) is 0 Å². The van der Waals surface area contributed by atoms with Crippen LogP contribution in [0, 0.1) is 23.4 Å². The summed E-state index contributed by atoms with van der Waals surface area (Å²) < 4.78 is 44.5. The molecule has 6 nitrogen and oxygen atoms in total. The number of hydrogen-bond acceptors (Lipinski definition) is 4. The molecule has 0 aromatic heterocycles. The first-order valence-corrected chi connectivity index (χ1v) is 7.75. The smallest absolute Gasteiger partial charge is 0.313 e. The Labute approximate surface area is 141 Å². The van der Waals surface area contributed by atoms with E-state index in [4.69, 9.17) is 4.74 Å². The van der Waals surface area contributed by atoms with E-state index in [1.807, 2.05) is 5.32 Å². The number of esters is 1. The highest BCUT2D eigenvalue weighted by atomic mass is 19.2. The lowest BCUT2D eigenvalue weighted by Gasteiger charge is -2.31. The van der Waals surface area contributed by atoms with Crippen molar-refractivity contribution in [3.8, 4) is 0 Å². The van der Waals surface area contributed by atoms with Crippen LogP contribution in [-0.2, 0) is 19.1 Å². The molecule has 0 radical (unpaired) electrons. The predicted molar refractivity (Wildman–Crippen MR) is 80.9 cm³/mol. The van der Waals surface area contributed by atoms with Crippen LogP contribution in [0.1, 0.15) is 19.8 Å². The van der Waals surface area contributed by atoms with Crippen LogP contribution in [0.3, 0.4) is 0 Å². The van der Waals surface area contributed by atoms with Gasteiger partial charge >= 0.3 is 17.8 Å².